The first-order valence-corrected chi connectivity index (χ1v) is 4.91. The zero-order valence-electron chi connectivity index (χ0n) is 8.62. The molecule has 0 bridgehead atoms. The van der Waals surface area contributed by atoms with Gasteiger partial charge in [-0.2, -0.15) is 0 Å². The smallest absolute Gasteiger partial charge is 0.245 e. The summed E-state index contributed by atoms with van der Waals surface area (Å²) in [5, 5.41) is 0. The van der Waals surface area contributed by atoms with Crippen molar-refractivity contribution in [3.63, 3.8) is 0 Å². The summed E-state index contributed by atoms with van der Waals surface area (Å²) in [6, 6.07) is 0.281. The van der Waals surface area contributed by atoms with Crippen LogP contribution in [0.15, 0.2) is 12.7 Å². The van der Waals surface area contributed by atoms with E-state index in [4.69, 9.17) is 5.73 Å². The van der Waals surface area contributed by atoms with Crippen molar-refractivity contribution in [2.45, 2.75) is 32.7 Å². The molecular formula is C10H20N2O. The predicted octanol–water partition coefficient (Wildman–Crippen LogP) is 1.15. The molecule has 0 aliphatic carbocycles. The number of hydrogen-bond donors (Lipinski definition) is 1. The van der Waals surface area contributed by atoms with E-state index >= 15 is 0 Å². The number of carbonyl (C=O) groups is 1. The van der Waals surface area contributed by atoms with Crippen LogP contribution in [-0.2, 0) is 4.79 Å². The van der Waals surface area contributed by atoms with E-state index in [0.29, 0.717) is 0 Å². The molecule has 1 saturated heterocycles. The topological polar surface area (TPSA) is 46.3 Å². The van der Waals surface area contributed by atoms with Gasteiger partial charge in [-0.3, -0.25) is 4.79 Å². The maximum absolute atomic E-state index is 11.0. The van der Waals surface area contributed by atoms with E-state index in [9.17, 15) is 4.79 Å². The Hall–Kier alpha value is -0.830. The van der Waals surface area contributed by atoms with E-state index in [1.165, 1.54) is 6.08 Å². The molecule has 0 aromatic carbocycles. The third-order valence-electron chi connectivity index (χ3n) is 2.03. The molecule has 3 nitrogen and oxygen atoms in total. The third kappa shape index (κ3) is 4.08. The van der Waals surface area contributed by atoms with Crippen LogP contribution in [0.3, 0.4) is 0 Å². The Kier molecular flexibility index (Phi) is 6.24. The van der Waals surface area contributed by atoms with Crippen LogP contribution < -0.4 is 5.73 Å². The lowest BCUT2D eigenvalue weighted by molar-refractivity contribution is -0.126. The maximum Gasteiger partial charge on any atom is 0.245 e. The summed E-state index contributed by atoms with van der Waals surface area (Å²) in [4.78, 5) is 12.8. The van der Waals surface area contributed by atoms with Gasteiger partial charge < -0.3 is 10.6 Å². The normalized spacial score (nSPS) is 17.3. The molecule has 0 unspecified atom stereocenters. The van der Waals surface area contributed by atoms with Gasteiger partial charge in [-0.1, -0.05) is 20.4 Å². The van der Waals surface area contributed by atoms with Crippen molar-refractivity contribution in [2.24, 2.45) is 5.73 Å². The Morgan fingerprint density at radius 3 is 2.31 bits per heavy atom. The van der Waals surface area contributed by atoms with Gasteiger partial charge in [0, 0.05) is 19.1 Å². The summed E-state index contributed by atoms with van der Waals surface area (Å²) >= 11 is 0. The summed E-state index contributed by atoms with van der Waals surface area (Å²) in [6.07, 6.45) is 3.19. The summed E-state index contributed by atoms with van der Waals surface area (Å²) in [6.45, 7) is 9.00. The number of rotatable bonds is 1. The molecule has 2 N–H and O–H groups in total. The largest absolute Gasteiger partial charge is 0.339 e. The summed E-state index contributed by atoms with van der Waals surface area (Å²) in [7, 11) is 0. The monoisotopic (exact) mass is 184 g/mol. The summed E-state index contributed by atoms with van der Waals surface area (Å²) in [5.74, 6) is 0.0249. The third-order valence-corrected chi connectivity index (χ3v) is 2.03. The van der Waals surface area contributed by atoms with Crippen LogP contribution in [0.5, 0.6) is 0 Å². The highest BCUT2D eigenvalue weighted by Gasteiger charge is 2.17. The fraction of sp³-hybridized carbons (Fsp3) is 0.700. The van der Waals surface area contributed by atoms with Gasteiger partial charge in [0.1, 0.15) is 0 Å². The van der Waals surface area contributed by atoms with E-state index in [2.05, 4.69) is 6.58 Å². The fourth-order valence-electron chi connectivity index (χ4n) is 1.25. The van der Waals surface area contributed by atoms with Crippen LogP contribution >= 0.6 is 0 Å². The first-order valence-electron chi connectivity index (χ1n) is 4.91. The van der Waals surface area contributed by atoms with E-state index in [0.717, 1.165) is 25.9 Å². The number of nitrogens with zero attached hydrogens (tertiary/aromatic N) is 1. The maximum atomic E-state index is 11.0. The first-order chi connectivity index (χ1) is 6.24. The van der Waals surface area contributed by atoms with Crippen LogP contribution in [0.4, 0.5) is 0 Å². The Bertz CT molecular complexity index is 160. The SMILES string of the molecule is C=CC(=O)N1CCC(N)CC1.CC. The lowest BCUT2D eigenvalue weighted by atomic mass is 10.1. The number of piperidine rings is 1. The minimum absolute atomic E-state index is 0.0249. The highest BCUT2D eigenvalue weighted by atomic mass is 16.2. The van der Waals surface area contributed by atoms with Crippen LogP contribution in [-0.4, -0.2) is 29.9 Å². The van der Waals surface area contributed by atoms with Crippen LogP contribution in [0.25, 0.3) is 0 Å². The molecule has 1 fully saturated rings. The molecule has 76 valence electrons. The Balaban J connectivity index is 0.000000671. The summed E-state index contributed by atoms with van der Waals surface area (Å²) < 4.78 is 0. The molecule has 13 heavy (non-hydrogen) atoms. The minimum Gasteiger partial charge on any atom is -0.339 e. The molecule has 1 aliphatic heterocycles. The van der Waals surface area contributed by atoms with Gasteiger partial charge in [0.05, 0.1) is 0 Å². The Labute approximate surface area is 80.6 Å². The van der Waals surface area contributed by atoms with Crippen molar-refractivity contribution in [3.05, 3.63) is 12.7 Å². The van der Waals surface area contributed by atoms with E-state index in [1.807, 2.05) is 13.8 Å². The van der Waals surface area contributed by atoms with E-state index < -0.39 is 0 Å². The molecule has 0 aromatic rings. The molecular weight excluding hydrogens is 164 g/mol. The lowest BCUT2D eigenvalue weighted by Gasteiger charge is -2.29. The van der Waals surface area contributed by atoms with Crippen molar-refractivity contribution < 1.29 is 4.79 Å². The van der Waals surface area contributed by atoms with Gasteiger partial charge in [-0.15, -0.1) is 0 Å². The Morgan fingerprint density at radius 1 is 1.46 bits per heavy atom. The second kappa shape index (κ2) is 6.66. The van der Waals surface area contributed by atoms with Crippen molar-refractivity contribution >= 4 is 5.91 Å². The molecule has 0 spiro atoms. The molecule has 1 rings (SSSR count). The zero-order valence-corrected chi connectivity index (χ0v) is 8.62. The quantitative estimate of drug-likeness (QED) is 0.621. The molecule has 0 atom stereocenters. The van der Waals surface area contributed by atoms with Crippen molar-refractivity contribution in [3.8, 4) is 0 Å². The first kappa shape index (κ1) is 12.2. The van der Waals surface area contributed by atoms with Gasteiger partial charge in [-0.05, 0) is 18.9 Å². The van der Waals surface area contributed by atoms with Crippen LogP contribution in [0.1, 0.15) is 26.7 Å². The average Bonchev–Trinajstić information content (AvgIpc) is 2.21. The number of likely N-dealkylation sites (tertiary alicyclic amines) is 1. The average molecular weight is 184 g/mol. The van der Waals surface area contributed by atoms with Gasteiger partial charge in [0.15, 0.2) is 0 Å². The lowest BCUT2D eigenvalue weighted by Crippen LogP contribution is -2.42. The Morgan fingerprint density at radius 2 is 1.92 bits per heavy atom. The number of carbonyl (C=O) groups excluding carboxylic acids is 1. The van der Waals surface area contributed by atoms with Crippen molar-refractivity contribution in [2.75, 3.05) is 13.1 Å². The number of nitrogens with two attached hydrogens (primary N) is 1. The highest BCUT2D eigenvalue weighted by Crippen LogP contribution is 2.07. The molecule has 1 heterocycles. The molecule has 0 saturated carbocycles. The minimum atomic E-state index is 0.0249. The second-order valence-electron chi connectivity index (χ2n) is 2.87. The van der Waals surface area contributed by atoms with Gasteiger partial charge >= 0.3 is 0 Å². The molecule has 0 radical (unpaired) electrons. The number of amides is 1. The molecule has 1 aliphatic rings. The predicted molar refractivity (Wildman–Crippen MR) is 55.3 cm³/mol. The van der Waals surface area contributed by atoms with E-state index in [-0.39, 0.29) is 11.9 Å². The highest BCUT2D eigenvalue weighted by molar-refractivity contribution is 5.87. The van der Waals surface area contributed by atoms with Crippen molar-refractivity contribution in [1.82, 2.24) is 4.90 Å². The summed E-state index contributed by atoms with van der Waals surface area (Å²) in [5.41, 5.74) is 5.67. The van der Waals surface area contributed by atoms with E-state index in [1.54, 1.807) is 4.90 Å². The van der Waals surface area contributed by atoms with Gasteiger partial charge in [0.25, 0.3) is 0 Å². The second-order valence-corrected chi connectivity index (χ2v) is 2.87. The molecule has 1 amide bonds. The fourth-order valence-corrected chi connectivity index (χ4v) is 1.25. The molecule has 3 heteroatoms. The van der Waals surface area contributed by atoms with Crippen LogP contribution in [0, 0.1) is 0 Å². The molecule has 0 aromatic heterocycles. The van der Waals surface area contributed by atoms with Crippen LogP contribution in [0.2, 0.25) is 0 Å². The van der Waals surface area contributed by atoms with Gasteiger partial charge in [-0.25, -0.2) is 0 Å². The van der Waals surface area contributed by atoms with Crippen molar-refractivity contribution in [1.29, 1.82) is 0 Å². The standard InChI is InChI=1S/C8H14N2O.C2H6/c1-2-8(11)10-5-3-7(9)4-6-10;1-2/h2,7H,1,3-6,9H2;1-2H3. The zero-order chi connectivity index (χ0) is 10.3. The van der Waals surface area contributed by atoms with Gasteiger partial charge in [0.2, 0.25) is 5.91 Å². The number of hydrogen-bond acceptors (Lipinski definition) is 2.